The number of aromatic nitrogens is 3. The van der Waals surface area contributed by atoms with E-state index in [9.17, 15) is 22.8 Å². The van der Waals surface area contributed by atoms with Crippen LogP contribution in [0, 0.1) is 6.92 Å². The number of rotatable bonds is 5. The van der Waals surface area contributed by atoms with E-state index in [1.54, 1.807) is 4.90 Å². The molecule has 0 bridgehead atoms. The Morgan fingerprint density at radius 2 is 1.92 bits per heavy atom. The summed E-state index contributed by atoms with van der Waals surface area (Å²) in [5.74, 6) is -0.404. The summed E-state index contributed by atoms with van der Waals surface area (Å²) in [5.41, 5.74) is 4.06. The second-order valence-corrected chi connectivity index (χ2v) is 11.6. The van der Waals surface area contributed by atoms with Gasteiger partial charge in [0.1, 0.15) is 11.8 Å². The first-order valence-electron chi connectivity index (χ1n) is 12.4. The summed E-state index contributed by atoms with van der Waals surface area (Å²) in [7, 11) is -0.288. The average molecular weight is 533 g/mol. The molecule has 0 spiro atoms. The normalized spacial score (nSPS) is 19.0. The predicted molar refractivity (Wildman–Crippen MR) is 133 cm³/mol. The zero-order valence-corrected chi connectivity index (χ0v) is 21.3. The maximum atomic E-state index is 12.9. The second-order valence-electron chi connectivity index (χ2n) is 9.67. The molecule has 196 valence electrons. The third-order valence-corrected chi connectivity index (χ3v) is 9.29. The Labute approximate surface area is 215 Å². The molecular formula is C26H29F3N5O2S+. The molecule has 3 heterocycles. The topological polar surface area (TPSA) is 80.1 Å². The number of nitrogens with one attached hydrogen (secondary N) is 1. The van der Waals surface area contributed by atoms with Crippen molar-refractivity contribution in [1.82, 2.24) is 25.0 Å². The minimum atomic E-state index is -4.54. The van der Waals surface area contributed by atoms with Crippen molar-refractivity contribution in [1.29, 1.82) is 0 Å². The van der Waals surface area contributed by atoms with E-state index in [1.807, 2.05) is 23.0 Å². The minimum absolute atomic E-state index is 0.00387. The van der Waals surface area contributed by atoms with Crippen molar-refractivity contribution in [3.05, 3.63) is 69.4 Å². The number of nitrogens with zero attached hydrogens (tertiary/aromatic N) is 4. The van der Waals surface area contributed by atoms with Gasteiger partial charge in [-0.15, -0.1) is 0 Å². The molecule has 11 heteroatoms. The van der Waals surface area contributed by atoms with E-state index in [2.05, 4.69) is 27.5 Å². The van der Waals surface area contributed by atoms with Crippen molar-refractivity contribution in [2.45, 2.75) is 63.0 Å². The summed E-state index contributed by atoms with van der Waals surface area (Å²) in [6.45, 7) is 2.33. The van der Waals surface area contributed by atoms with Gasteiger partial charge in [-0.05, 0) is 43.4 Å². The lowest BCUT2D eigenvalue weighted by Crippen LogP contribution is -2.39. The molecule has 1 fully saturated rings. The lowest BCUT2D eigenvalue weighted by molar-refractivity contribution is -0.142. The Morgan fingerprint density at radius 1 is 1.16 bits per heavy atom. The fourth-order valence-corrected chi connectivity index (χ4v) is 6.99. The van der Waals surface area contributed by atoms with Crippen LogP contribution in [0.25, 0.3) is 0 Å². The van der Waals surface area contributed by atoms with Crippen molar-refractivity contribution in [2.24, 2.45) is 0 Å². The van der Waals surface area contributed by atoms with Gasteiger partial charge in [-0.25, -0.2) is 0 Å². The van der Waals surface area contributed by atoms with Crippen LogP contribution in [0.5, 0.6) is 0 Å². The standard InChI is InChI=1S/C26H28F3N5O2S/c1-17-13-23(26(27,28)29)32-34(17)14-24(35)33-11-9-19(10-12-33)37-15-22(30-16-37)25(36)31-21-8-4-6-18-5-2-3-7-20(18)21/h2-3,5,7,13,15-16,19,21H,4,6,8-12,14H2,1H3/p+1/t21-,37?/m0/s1. The second kappa shape index (κ2) is 10.3. The lowest BCUT2D eigenvalue weighted by Gasteiger charge is -2.28. The third kappa shape index (κ3) is 5.56. The van der Waals surface area contributed by atoms with Crippen LogP contribution in [0.2, 0.25) is 0 Å². The number of hydrogen-bond donors (Lipinski definition) is 1. The van der Waals surface area contributed by atoms with Crippen LogP contribution >= 0.6 is 10.5 Å². The quantitative estimate of drug-likeness (QED) is 0.468. The smallest absolute Gasteiger partial charge is 0.344 e. The highest BCUT2D eigenvalue weighted by atomic mass is 32.2. The maximum Gasteiger partial charge on any atom is 0.435 e. The molecule has 3 aromatic rings. The van der Waals surface area contributed by atoms with Crippen molar-refractivity contribution in [3.8, 4) is 0 Å². The van der Waals surface area contributed by atoms with Crippen LogP contribution in [0.4, 0.5) is 13.2 Å². The fourth-order valence-electron chi connectivity index (χ4n) is 5.15. The van der Waals surface area contributed by atoms with Gasteiger partial charge < -0.3 is 10.2 Å². The number of alkyl halides is 3. The minimum Gasteiger partial charge on any atom is -0.344 e. The van der Waals surface area contributed by atoms with E-state index < -0.39 is 11.9 Å². The van der Waals surface area contributed by atoms with Crippen LogP contribution in [-0.2, 0) is 23.9 Å². The summed E-state index contributed by atoms with van der Waals surface area (Å²) >= 11 is 0. The highest BCUT2D eigenvalue weighted by molar-refractivity contribution is 7.28. The summed E-state index contributed by atoms with van der Waals surface area (Å²) in [6.07, 6.45) is -0.0687. The van der Waals surface area contributed by atoms with Crippen molar-refractivity contribution in [3.63, 3.8) is 0 Å². The number of benzene rings is 1. The van der Waals surface area contributed by atoms with Crippen LogP contribution in [-0.4, -0.2) is 44.6 Å². The number of piperidine rings is 1. The van der Waals surface area contributed by atoms with E-state index in [-0.39, 0.29) is 40.1 Å². The van der Waals surface area contributed by atoms with Gasteiger partial charge in [-0.3, -0.25) is 14.3 Å². The highest BCUT2D eigenvalue weighted by Crippen LogP contribution is 2.39. The van der Waals surface area contributed by atoms with E-state index in [0.717, 1.165) is 42.9 Å². The monoisotopic (exact) mass is 532 g/mol. The van der Waals surface area contributed by atoms with Gasteiger partial charge >= 0.3 is 6.18 Å². The molecule has 1 saturated heterocycles. The first kappa shape index (κ1) is 25.4. The lowest BCUT2D eigenvalue weighted by atomic mass is 9.88. The maximum absolute atomic E-state index is 12.9. The number of carbonyl (C=O) groups is 2. The molecule has 1 aromatic carbocycles. The Balaban J connectivity index is 1.15. The molecule has 7 nitrogen and oxygen atoms in total. The SMILES string of the molecule is Cc1cc(C(F)(F)F)nn1CC(=O)N1CCC([s+]2cnc(C(=O)N[C@H]3CCCc4ccccc43)c2)CC1. The predicted octanol–water partition coefficient (Wildman–Crippen LogP) is 5.03. The van der Waals surface area contributed by atoms with Gasteiger partial charge in [0.2, 0.25) is 11.4 Å². The van der Waals surface area contributed by atoms with Gasteiger partial charge in [-0.2, -0.15) is 23.3 Å². The zero-order valence-electron chi connectivity index (χ0n) is 20.5. The molecule has 5 rings (SSSR count). The third-order valence-electron chi connectivity index (χ3n) is 7.20. The molecule has 2 aliphatic rings. The van der Waals surface area contributed by atoms with Crippen LogP contribution in [0.1, 0.15) is 70.0 Å². The van der Waals surface area contributed by atoms with E-state index >= 15 is 0 Å². The van der Waals surface area contributed by atoms with Crippen LogP contribution < -0.4 is 5.32 Å². The number of hydrogen-bond acceptors (Lipinski definition) is 4. The van der Waals surface area contributed by atoms with Crippen molar-refractivity contribution < 1.29 is 22.8 Å². The largest absolute Gasteiger partial charge is 0.435 e. The molecule has 1 aliphatic carbocycles. The van der Waals surface area contributed by atoms with Crippen molar-refractivity contribution in [2.75, 3.05) is 13.1 Å². The Bertz CT molecular complexity index is 1290. The molecule has 1 aliphatic heterocycles. The molecule has 2 amide bonds. The number of carbonyl (C=O) groups excluding carboxylic acids is 2. The number of aryl methyl sites for hydroxylation is 2. The summed E-state index contributed by atoms with van der Waals surface area (Å²) < 4.78 is 39.8. The summed E-state index contributed by atoms with van der Waals surface area (Å²) in [4.78, 5) is 31.7. The van der Waals surface area contributed by atoms with E-state index in [0.29, 0.717) is 24.5 Å². The number of fused-ring (bicyclic) bond motifs is 1. The summed E-state index contributed by atoms with van der Waals surface area (Å²) in [6, 6.07) is 9.17. The molecule has 1 unspecified atom stereocenters. The first-order valence-corrected chi connectivity index (χ1v) is 13.9. The van der Waals surface area contributed by atoms with E-state index in [1.165, 1.54) is 18.1 Å². The Hall–Kier alpha value is -3.21. The van der Waals surface area contributed by atoms with Gasteiger partial charge in [0.15, 0.2) is 16.8 Å². The number of likely N-dealkylation sites (tertiary alicyclic amines) is 1. The van der Waals surface area contributed by atoms with Gasteiger partial charge in [0.25, 0.3) is 5.91 Å². The Kier molecular flexibility index (Phi) is 7.06. The molecule has 0 saturated carbocycles. The highest BCUT2D eigenvalue weighted by Gasteiger charge is 2.35. The number of halogens is 3. The molecule has 1 N–H and O–H groups in total. The molecular weight excluding hydrogens is 503 g/mol. The zero-order chi connectivity index (χ0) is 26.2. The molecule has 37 heavy (non-hydrogen) atoms. The van der Waals surface area contributed by atoms with Gasteiger partial charge in [0, 0.05) is 42.1 Å². The van der Waals surface area contributed by atoms with Crippen LogP contribution in [0.3, 0.4) is 0 Å². The van der Waals surface area contributed by atoms with E-state index in [4.69, 9.17) is 0 Å². The number of thiazole rings is 1. The van der Waals surface area contributed by atoms with Crippen molar-refractivity contribution >= 4 is 22.3 Å². The van der Waals surface area contributed by atoms with Gasteiger partial charge in [-0.1, -0.05) is 24.3 Å². The fraction of sp³-hybridized carbons (Fsp3) is 0.462. The molecule has 2 aromatic heterocycles. The summed E-state index contributed by atoms with van der Waals surface area (Å²) in [5, 5.41) is 8.93. The Morgan fingerprint density at radius 3 is 2.65 bits per heavy atom. The van der Waals surface area contributed by atoms with Crippen LogP contribution in [0.15, 0.2) is 41.2 Å². The van der Waals surface area contributed by atoms with Gasteiger partial charge in [0.05, 0.1) is 6.04 Å². The molecule has 0 radical (unpaired) electrons. The number of amides is 2. The average Bonchev–Trinajstić information content (AvgIpc) is 3.52. The molecule has 2 atom stereocenters. The first-order chi connectivity index (χ1) is 17.7.